The lowest BCUT2D eigenvalue weighted by molar-refractivity contribution is -0.161. The Bertz CT molecular complexity index is 1130. The summed E-state index contributed by atoms with van der Waals surface area (Å²) < 4.78 is 31.9. The average Bonchev–Trinajstić information content (AvgIpc) is 3.15. The molecule has 0 spiro atoms. The lowest BCUT2D eigenvalue weighted by Gasteiger charge is -2.19. The zero-order chi connectivity index (χ0) is 38.9. The monoisotopic (exact) mass is 761 g/mol. The van der Waals surface area contributed by atoms with E-state index in [0.717, 1.165) is 77.7 Å². The first-order valence-electron chi connectivity index (χ1n) is 20.3. The van der Waals surface area contributed by atoms with Crippen molar-refractivity contribution in [3.05, 3.63) is 85.1 Å². The van der Waals surface area contributed by atoms with E-state index in [4.69, 9.17) is 14.0 Å². The first-order chi connectivity index (χ1) is 25.8. The quantitative estimate of drug-likeness (QED) is 0.0291. The van der Waals surface area contributed by atoms with E-state index in [1.807, 2.05) is 6.08 Å². The predicted octanol–water partition coefficient (Wildman–Crippen LogP) is 12.7. The van der Waals surface area contributed by atoms with Gasteiger partial charge in [-0.2, -0.15) is 0 Å². The minimum atomic E-state index is -4.28. The molecule has 2 atom stereocenters. The number of rotatable bonds is 36. The summed E-state index contributed by atoms with van der Waals surface area (Å²) in [6.45, 7) is 3.68. The zero-order valence-corrected chi connectivity index (χ0v) is 34.3. The van der Waals surface area contributed by atoms with Crippen LogP contribution in [0.4, 0.5) is 0 Å². The van der Waals surface area contributed by atoms with Gasteiger partial charge in [-0.15, -0.1) is 0 Å². The first kappa shape index (κ1) is 50.2. The molecule has 0 aliphatic heterocycles. The molecule has 0 aromatic rings. The predicted molar refractivity (Wildman–Crippen MR) is 221 cm³/mol. The molecule has 0 fully saturated rings. The van der Waals surface area contributed by atoms with Crippen molar-refractivity contribution in [1.29, 1.82) is 0 Å². The molecule has 302 valence electrons. The summed E-state index contributed by atoms with van der Waals surface area (Å²) in [6.07, 6.45) is 50.7. The van der Waals surface area contributed by atoms with Crippen LogP contribution < -0.4 is 0 Å². The van der Waals surface area contributed by atoms with Gasteiger partial charge in [0, 0.05) is 20.0 Å². The van der Waals surface area contributed by atoms with Gasteiger partial charge in [-0.1, -0.05) is 144 Å². The van der Waals surface area contributed by atoms with Crippen molar-refractivity contribution < 1.29 is 37.6 Å². The summed E-state index contributed by atoms with van der Waals surface area (Å²) in [5, 5.41) is 0. The second-order valence-corrected chi connectivity index (χ2v) is 14.6. The number of unbranched alkanes of at least 4 members (excludes halogenated alkanes) is 11. The van der Waals surface area contributed by atoms with E-state index in [0.29, 0.717) is 12.8 Å². The highest BCUT2D eigenvalue weighted by Crippen LogP contribution is 2.42. The van der Waals surface area contributed by atoms with Crippen LogP contribution in [0.15, 0.2) is 85.1 Å². The van der Waals surface area contributed by atoms with Crippen molar-refractivity contribution in [3.8, 4) is 0 Å². The lowest BCUT2D eigenvalue weighted by atomic mass is 10.1. The van der Waals surface area contributed by atoms with Crippen molar-refractivity contribution in [2.45, 2.75) is 161 Å². The van der Waals surface area contributed by atoms with Gasteiger partial charge in [-0.25, -0.2) is 4.57 Å². The van der Waals surface area contributed by atoms with Crippen molar-refractivity contribution in [3.63, 3.8) is 0 Å². The molecule has 0 saturated carbocycles. The Morgan fingerprint density at radius 3 is 1.49 bits per heavy atom. The topological polar surface area (TPSA) is 108 Å². The number of allylic oxidation sites excluding steroid dienone is 14. The molecule has 2 unspecified atom stereocenters. The van der Waals surface area contributed by atoms with Gasteiger partial charge in [0.25, 0.3) is 0 Å². The maximum atomic E-state index is 12.5. The third kappa shape index (κ3) is 38.8. The maximum Gasteiger partial charge on any atom is 0.472 e. The Kier molecular flexibility index (Phi) is 36.9. The van der Waals surface area contributed by atoms with Crippen LogP contribution in [0.5, 0.6) is 0 Å². The lowest BCUT2D eigenvalue weighted by Crippen LogP contribution is -2.29. The van der Waals surface area contributed by atoms with Crippen molar-refractivity contribution in [2.75, 3.05) is 20.3 Å². The minimum absolute atomic E-state index is 0.160. The van der Waals surface area contributed by atoms with Gasteiger partial charge in [0.05, 0.1) is 6.61 Å². The summed E-state index contributed by atoms with van der Waals surface area (Å²) in [5.74, 6) is -0.889. The van der Waals surface area contributed by atoms with Crippen LogP contribution in [-0.2, 0) is 32.7 Å². The molecule has 0 aromatic heterocycles. The molecule has 0 rings (SSSR count). The first-order valence-corrected chi connectivity index (χ1v) is 21.8. The van der Waals surface area contributed by atoms with E-state index in [-0.39, 0.29) is 19.4 Å². The highest BCUT2D eigenvalue weighted by Gasteiger charge is 2.24. The molecule has 0 aromatic carbocycles. The second-order valence-electron chi connectivity index (χ2n) is 13.0. The van der Waals surface area contributed by atoms with Crippen LogP contribution in [-0.4, -0.2) is 43.3 Å². The molecule has 0 aliphatic carbocycles. The van der Waals surface area contributed by atoms with Gasteiger partial charge in [0.2, 0.25) is 0 Å². The Hall–Kier alpha value is -2.77. The van der Waals surface area contributed by atoms with Crippen molar-refractivity contribution in [2.24, 2.45) is 0 Å². The summed E-state index contributed by atoms with van der Waals surface area (Å²) in [6, 6.07) is 0. The largest absolute Gasteiger partial charge is 0.472 e. The van der Waals surface area contributed by atoms with Gasteiger partial charge in [-0.05, 0) is 83.5 Å². The maximum absolute atomic E-state index is 12.5. The van der Waals surface area contributed by atoms with E-state index in [1.165, 1.54) is 44.9 Å². The molecule has 0 aliphatic rings. The van der Waals surface area contributed by atoms with E-state index in [1.54, 1.807) is 0 Å². The van der Waals surface area contributed by atoms with Crippen LogP contribution in [0.3, 0.4) is 0 Å². The van der Waals surface area contributed by atoms with Gasteiger partial charge in [0.1, 0.15) is 6.61 Å². The molecule has 53 heavy (non-hydrogen) atoms. The van der Waals surface area contributed by atoms with Crippen molar-refractivity contribution >= 4 is 19.8 Å². The number of carbonyl (C=O) groups is 2. The number of phosphoric acid groups is 1. The van der Waals surface area contributed by atoms with E-state index < -0.39 is 32.5 Å². The standard InChI is InChI=1S/C44H73O8P/c1-4-6-8-10-12-14-16-18-20-22-24-26-28-30-32-34-36-38-43(45)50-40-42(41-51-53(47,48)49-3)52-44(46)39-37-35-33-31-29-27-25-23-21-19-17-15-13-11-9-7-5-2/h7,9,12-15,18-21,25,27,31,33,42H,4-6,8,10-11,16-17,22-24,26,28-30,32,34-41H2,1-3H3,(H,47,48)/b9-7-,14-12-,15-13-,20-18-,21-19-,27-25-,33-31-. The molecular formula is C44H73O8P. The summed E-state index contributed by atoms with van der Waals surface area (Å²) in [5.41, 5.74) is 0. The Labute approximate surface area is 323 Å². The molecule has 0 heterocycles. The molecule has 0 radical (unpaired) electrons. The normalized spacial score (nSPS) is 14.3. The van der Waals surface area contributed by atoms with Crippen molar-refractivity contribution in [1.82, 2.24) is 0 Å². The zero-order valence-electron chi connectivity index (χ0n) is 33.4. The van der Waals surface area contributed by atoms with Gasteiger partial charge < -0.3 is 14.4 Å². The van der Waals surface area contributed by atoms with Crippen LogP contribution in [0.1, 0.15) is 155 Å². The highest BCUT2D eigenvalue weighted by molar-refractivity contribution is 7.47. The number of hydrogen-bond donors (Lipinski definition) is 1. The van der Waals surface area contributed by atoms with Gasteiger partial charge in [0.15, 0.2) is 6.10 Å². The van der Waals surface area contributed by atoms with E-state index >= 15 is 0 Å². The molecular weight excluding hydrogens is 687 g/mol. The number of carbonyl (C=O) groups excluding carboxylic acids is 2. The van der Waals surface area contributed by atoms with Crippen LogP contribution >= 0.6 is 7.82 Å². The smallest absolute Gasteiger partial charge is 0.462 e. The van der Waals surface area contributed by atoms with Crippen LogP contribution in [0.2, 0.25) is 0 Å². The molecule has 9 heteroatoms. The van der Waals surface area contributed by atoms with Gasteiger partial charge >= 0.3 is 19.8 Å². The molecule has 0 bridgehead atoms. The van der Waals surface area contributed by atoms with E-state index in [9.17, 15) is 19.0 Å². The fourth-order valence-corrected chi connectivity index (χ4v) is 5.48. The Morgan fingerprint density at radius 1 is 0.547 bits per heavy atom. The number of phosphoric ester groups is 1. The average molecular weight is 761 g/mol. The number of hydrogen-bond acceptors (Lipinski definition) is 7. The summed E-state index contributed by atoms with van der Waals surface area (Å²) in [7, 11) is -3.24. The Balaban J connectivity index is 4.16. The number of esters is 2. The molecule has 8 nitrogen and oxygen atoms in total. The minimum Gasteiger partial charge on any atom is -0.462 e. The number of ether oxygens (including phenoxy) is 2. The molecule has 0 saturated heterocycles. The SMILES string of the molecule is CC/C=C\C/C=C\C/C=C\C/C=C\C/C=C\CCCC(=O)OC(COC(=O)CCCCCCCCC/C=C\C/C=C\CCCCC)COP(=O)(O)OC. The molecule has 0 amide bonds. The van der Waals surface area contributed by atoms with Crippen LogP contribution in [0, 0.1) is 0 Å². The fourth-order valence-electron chi connectivity index (χ4n) is 5.02. The summed E-state index contributed by atoms with van der Waals surface area (Å²) >= 11 is 0. The van der Waals surface area contributed by atoms with E-state index in [2.05, 4.69) is 97.4 Å². The van der Waals surface area contributed by atoms with Gasteiger partial charge in [-0.3, -0.25) is 18.6 Å². The third-order valence-electron chi connectivity index (χ3n) is 8.12. The Morgan fingerprint density at radius 2 is 0.981 bits per heavy atom. The second kappa shape index (κ2) is 38.9. The third-order valence-corrected chi connectivity index (χ3v) is 9.06. The molecule has 1 N–H and O–H groups in total. The fraction of sp³-hybridized carbons (Fsp3) is 0.636. The summed E-state index contributed by atoms with van der Waals surface area (Å²) in [4.78, 5) is 34.4. The highest BCUT2D eigenvalue weighted by atomic mass is 31.2. The van der Waals surface area contributed by atoms with Crippen LogP contribution in [0.25, 0.3) is 0 Å².